The van der Waals surface area contributed by atoms with Crippen LogP contribution in [-0.2, 0) is 7.05 Å². The fourth-order valence-electron chi connectivity index (χ4n) is 2.90. The van der Waals surface area contributed by atoms with E-state index in [2.05, 4.69) is 42.2 Å². The molecule has 9 nitrogen and oxygen atoms in total. The van der Waals surface area contributed by atoms with Crippen molar-refractivity contribution in [2.45, 2.75) is 20.0 Å². The van der Waals surface area contributed by atoms with Crippen molar-refractivity contribution in [1.29, 1.82) is 0 Å². The van der Waals surface area contributed by atoms with Gasteiger partial charge in [-0.1, -0.05) is 0 Å². The molecule has 1 aliphatic heterocycles. The Morgan fingerprint density at radius 3 is 2.77 bits per heavy atom. The molecule has 0 radical (unpaired) electrons. The van der Waals surface area contributed by atoms with Gasteiger partial charge >= 0.3 is 0 Å². The van der Waals surface area contributed by atoms with E-state index in [1.807, 2.05) is 51.4 Å². The lowest BCUT2D eigenvalue weighted by atomic mass is 10.2. The van der Waals surface area contributed by atoms with Gasteiger partial charge in [-0.25, -0.2) is 10.4 Å². The molecule has 3 aromatic heterocycles. The first-order chi connectivity index (χ1) is 12.5. The van der Waals surface area contributed by atoms with E-state index < -0.39 is 0 Å². The number of aromatic nitrogens is 5. The monoisotopic (exact) mass is 351 g/mol. The molecule has 0 saturated heterocycles. The van der Waals surface area contributed by atoms with Crippen molar-refractivity contribution in [1.82, 2.24) is 30.2 Å². The summed E-state index contributed by atoms with van der Waals surface area (Å²) >= 11 is 0. The molecule has 9 heteroatoms. The third-order valence-electron chi connectivity index (χ3n) is 4.33. The van der Waals surface area contributed by atoms with Gasteiger partial charge in [0, 0.05) is 32.6 Å². The van der Waals surface area contributed by atoms with Crippen molar-refractivity contribution in [3.05, 3.63) is 47.5 Å². The van der Waals surface area contributed by atoms with E-state index in [9.17, 15) is 0 Å². The third-order valence-corrected chi connectivity index (χ3v) is 4.33. The molecule has 4 heterocycles. The van der Waals surface area contributed by atoms with Gasteiger partial charge in [-0.3, -0.25) is 14.7 Å². The maximum atomic E-state index is 4.63. The second-order valence-corrected chi connectivity index (χ2v) is 6.35. The van der Waals surface area contributed by atoms with E-state index in [0.29, 0.717) is 5.95 Å². The number of nitrogens with one attached hydrogen (secondary N) is 3. The zero-order valence-corrected chi connectivity index (χ0v) is 15.1. The van der Waals surface area contributed by atoms with E-state index in [1.54, 1.807) is 10.9 Å². The Kier molecular flexibility index (Phi) is 3.92. The zero-order valence-electron chi connectivity index (χ0n) is 15.1. The molecular weight excluding hydrogens is 330 g/mol. The molecule has 1 aliphatic rings. The van der Waals surface area contributed by atoms with E-state index in [4.69, 9.17) is 0 Å². The molecule has 4 rings (SSSR count). The van der Waals surface area contributed by atoms with Crippen molar-refractivity contribution in [2.24, 2.45) is 7.05 Å². The Labute approximate surface area is 151 Å². The third kappa shape index (κ3) is 2.93. The summed E-state index contributed by atoms with van der Waals surface area (Å²) in [5.74, 6) is 2.17. The lowest BCUT2D eigenvalue weighted by molar-refractivity contribution is 0.625. The first-order valence-electron chi connectivity index (χ1n) is 8.33. The van der Waals surface area contributed by atoms with Crippen LogP contribution >= 0.6 is 0 Å². The highest BCUT2D eigenvalue weighted by atomic mass is 15.6. The van der Waals surface area contributed by atoms with Crippen molar-refractivity contribution in [3.63, 3.8) is 0 Å². The molecule has 134 valence electrons. The molecule has 0 saturated carbocycles. The van der Waals surface area contributed by atoms with Crippen LogP contribution in [0.3, 0.4) is 0 Å². The largest absolute Gasteiger partial charge is 0.363 e. The van der Waals surface area contributed by atoms with E-state index in [0.717, 1.165) is 34.1 Å². The van der Waals surface area contributed by atoms with Crippen LogP contribution in [0.2, 0.25) is 0 Å². The first-order valence-corrected chi connectivity index (χ1v) is 8.33. The summed E-state index contributed by atoms with van der Waals surface area (Å²) in [6, 6.07) is 3.96. The maximum Gasteiger partial charge on any atom is 0.230 e. The van der Waals surface area contributed by atoms with Crippen LogP contribution in [-0.4, -0.2) is 31.8 Å². The number of pyridine rings is 1. The summed E-state index contributed by atoms with van der Waals surface area (Å²) < 4.78 is 1.73. The van der Waals surface area contributed by atoms with Crippen molar-refractivity contribution in [2.75, 3.05) is 22.7 Å². The standard InChI is InChI=1S/C17H21N9/c1-10-7-13(11(2)18-8-10)21-15-12-9-19-17(23-16(12)26(4)24-15)22-14-5-6-20-25(14)3/h5-9,15,21,24H,1-4H3,(H,19,22,23). The highest BCUT2D eigenvalue weighted by Gasteiger charge is 2.28. The SMILES string of the molecule is Cc1cnc(C)c(NC2NN(C)c3nc(Nc4ccnn4C)ncc32)c1. The van der Waals surface area contributed by atoms with Gasteiger partial charge in [-0.2, -0.15) is 10.1 Å². The second-order valence-electron chi connectivity index (χ2n) is 6.35. The fourth-order valence-corrected chi connectivity index (χ4v) is 2.90. The number of anilines is 4. The molecule has 26 heavy (non-hydrogen) atoms. The molecular formula is C17H21N9. The van der Waals surface area contributed by atoms with Crippen LogP contribution in [0.5, 0.6) is 0 Å². The van der Waals surface area contributed by atoms with E-state index in [1.165, 1.54) is 0 Å². The minimum atomic E-state index is -0.122. The maximum absolute atomic E-state index is 4.63. The van der Waals surface area contributed by atoms with E-state index in [-0.39, 0.29) is 6.17 Å². The van der Waals surface area contributed by atoms with Gasteiger partial charge < -0.3 is 10.6 Å². The molecule has 0 aromatic carbocycles. The molecule has 0 bridgehead atoms. The van der Waals surface area contributed by atoms with E-state index >= 15 is 0 Å². The smallest absolute Gasteiger partial charge is 0.230 e. The minimum Gasteiger partial charge on any atom is -0.363 e. The van der Waals surface area contributed by atoms with Crippen LogP contribution in [0.15, 0.2) is 30.7 Å². The normalized spacial score (nSPS) is 15.8. The summed E-state index contributed by atoms with van der Waals surface area (Å²) in [4.78, 5) is 13.5. The number of aryl methyl sites for hydroxylation is 3. The first kappa shape index (κ1) is 16.3. The molecule has 1 atom stereocenters. The average Bonchev–Trinajstić information content (AvgIpc) is 3.15. The van der Waals surface area contributed by atoms with Gasteiger partial charge in [-0.05, 0) is 25.5 Å². The van der Waals surface area contributed by atoms with Crippen molar-refractivity contribution in [3.8, 4) is 0 Å². The molecule has 0 aliphatic carbocycles. The minimum absolute atomic E-state index is 0.122. The lowest BCUT2D eigenvalue weighted by Gasteiger charge is -2.18. The van der Waals surface area contributed by atoms with Crippen LogP contribution in [0, 0.1) is 13.8 Å². The van der Waals surface area contributed by atoms with Gasteiger partial charge in [0.15, 0.2) is 5.82 Å². The van der Waals surface area contributed by atoms with Crippen LogP contribution in [0.4, 0.5) is 23.3 Å². The van der Waals surface area contributed by atoms with Crippen LogP contribution in [0.1, 0.15) is 23.0 Å². The van der Waals surface area contributed by atoms with Crippen LogP contribution < -0.4 is 21.1 Å². The second kappa shape index (κ2) is 6.26. The van der Waals surface area contributed by atoms with Gasteiger partial charge in [0.1, 0.15) is 12.0 Å². The van der Waals surface area contributed by atoms with Gasteiger partial charge in [0.05, 0.1) is 23.1 Å². The summed E-state index contributed by atoms with van der Waals surface area (Å²) in [7, 11) is 3.80. The molecule has 3 aromatic rings. The van der Waals surface area contributed by atoms with Gasteiger partial charge in [0.25, 0.3) is 0 Å². The molecule has 1 unspecified atom stereocenters. The average molecular weight is 351 g/mol. The highest BCUT2D eigenvalue weighted by molar-refractivity contribution is 5.60. The van der Waals surface area contributed by atoms with Crippen LogP contribution in [0.25, 0.3) is 0 Å². The quantitative estimate of drug-likeness (QED) is 0.657. The number of fused-ring (bicyclic) bond motifs is 1. The Bertz CT molecular complexity index is 949. The molecule has 0 spiro atoms. The Morgan fingerprint density at radius 2 is 2.00 bits per heavy atom. The van der Waals surface area contributed by atoms with Gasteiger partial charge in [-0.15, -0.1) is 0 Å². The highest BCUT2D eigenvalue weighted by Crippen LogP contribution is 2.32. The number of hydrogen-bond donors (Lipinski definition) is 3. The van der Waals surface area contributed by atoms with Crippen molar-refractivity contribution < 1.29 is 0 Å². The summed E-state index contributed by atoms with van der Waals surface area (Å²) in [6.45, 7) is 4.01. The van der Waals surface area contributed by atoms with Crippen molar-refractivity contribution >= 4 is 23.3 Å². The Balaban J connectivity index is 1.59. The summed E-state index contributed by atoms with van der Waals surface area (Å²) in [5.41, 5.74) is 7.38. The molecule has 0 fully saturated rings. The number of hydrogen-bond acceptors (Lipinski definition) is 8. The summed E-state index contributed by atoms with van der Waals surface area (Å²) in [6.07, 6.45) is 5.29. The number of hydrazine groups is 1. The lowest BCUT2D eigenvalue weighted by Crippen LogP contribution is -2.34. The summed E-state index contributed by atoms with van der Waals surface area (Å²) in [5, 5.41) is 12.7. The molecule has 3 N–H and O–H groups in total. The number of rotatable bonds is 4. The fraction of sp³-hybridized carbons (Fsp3) is 0.294. The Hall–Kier alpha value is -3.20. The molecule has 0 amide bonds. The zero-order chi connectivity index (χ0) is 18.3. The Morgan fingerprint density at radius 1 is 1.15 bits per heavy atom. The number of nitrogens with zero attached hydrogens (tertiary/aromatic N) is 6. The van der Waals surface area contributed by atoms with Gasteiger partial charge in [0.2, 0.25) is 5.95 Å². The predicted molar refractivity (Wildman–Crippen MR) is 100 cm³/mol. The topological polar surface area (TPSA) is 95.8 Å². The predicted octanol–water partition coefficient (Wildman–Crippen LogP) is 2.03.